The topological polar surface area (TPSA) is 69.4 Å². The summed E-state index contributed by atoms with van der Waals surface area (Å²) >= 11 is 13.4. The molecule has 0 spiro atoms. The van der Waals surface area contributed by atoms with Gasteiger partial charge in [-0.1, -0.05) is 11.6 Å². The molecule has 1 aromatic heterocycles. The summed E-state index contributed by atoms with van der Waals surface area (Å²) in [6, 6.07) is 4.39. The minimum absolute atomic E-state index is 0.0228. The number of ketones is 1. The van der Waals surface area contributed by atoms with Crippen molar-refractivity contribution in [3.05, 3.63) is 52.5 Å². The highest BCUT2D eigenvalue weighted by molar-refractivity contribution is 9.11. The molecule has 110 valence electrons. The fraction of sp³-hybridized carbons (Fsp3) is 0.0833. The lowest BCUT2D eigenvalue weighted by molar-refractivity contribution is -0.385. The Morgan fingerprint density at radius 3 is 2.67 bits per heavy atom. The van der Waals surface area contributed by atoms with E-state index in [1.807, 2.05) is 0 Å². The van der Waals surface area contributed by atoms with Crippen LogP contribution in [-0.2, 0) is 0 Å². The maximum atomic E-state index is 12.0. The van der Waals surface area contributed by atoms with Crippen LogP contribution in [-0.4, -0.2) is 17.3 Å². The van der Waals surface area contributed by atoms with Crippen molar-refractivity contribution in [1.29, 1.82) is 0 Å². The predicted octanol–water partition coefficient (Wildman–Crippen LogP) is 5.10. The molecule has 9 heteroatoms. The molecule has 0 amide bonds. The van der Waals surface area contributed by atoms with Crippen LogP contribution in [0.15, 0.2) is 32.5 Å². The molecule has 0 N–H and O–H groups in total. The number of nitro groups is 1. The molecule has 0 aliphatic rings. The molecule has 0 radical (unpaired) electrons. The molecule has 0 aliphatic heterocycles. The molecule has 0 aliphatic carbocycles. The van der Waals surface area contributed by atoms with Crippen molar-refractivity contribution in [2.24, 2.45) is 0 Å². The van der Waals surface area contributed by atoms with Gasteiger partial charge in [0.25, 0.3) is 0 Å². The van der Waals surface area contributed by atoms with Gasteiger partial charge in [0.2, 0.25) is 11.5 Å². The Balaban J connectivity index is 2.22. The first-order valence-corrected chi connectivity index (χ1v) is 8.27. The number of rotatable bonds is 5. The maximum absolute atomic E-state index is 12.0. The Labute approximate surface area is 145 Å². The Bertz CT molecular complexity index is 719. The zero-order chi connectivity index (χ0) is 15.6. The molecule has 1 heterocycles. The molecule has 0 saturated heterocycles. The van der Waals surface area contributed by atoms with E-state index in [1.54, 1.807) is 11.4 Å². The van der Waals surface area contributed by atoms with Crippen molar-refractivity contribution >= 4 is 66.3 Å². The third-order valence-corrected chi connectivity index (χ3v) is 5.09. The van der Waals surface area contributed by atoms with Crippen LogP contribution in [0, 0.1) is 10.1 Å². The van der Waals surface area contributed by atoms with Gasteiger partial charge in [-0.25, -0.2) is 0 Å². The molecule has 2 aromatic rings. The van der Waals surface area contributed by atoms with E-state index in [2.05, 4.69) is 31.9 Å². The summed E-state index contributed by atoms with van der Waals surface area (Å²) in [5.41, 5.74) is -0.299. The molecule has 0 unspecified atom stereocenters. The molecular weight excluding hydrogens is 449 g/mol. The number of carbonyl (C=O) groups excluding carboxylic acids is 1. The number of carbonyl (C=O) groups is 1. The third-order valence-electron chi connectivity index (χ3n) is 2.40. The molecule has 5 nitrogen and oxygen atoms in total. The second kappa shape index (κ2) is 6.87. The Hall–Kier alpha value is -0.960. The van der Waals surface area contributed by atoms with Crippen molar-refractivity contribution in [3.8, 4) is 5.75 Å². The Morgan fingerprint density at radius 1 is 1.38 bits per heavy atom. The molecule has 0 fully saturated rings. The first-order valence-electron chi connectivity index (χ1n) is 5.42. The molecule has 0 atom stereocenters. The second-order valence-electron chi connectivity index (χ2n) is 3.80. The Kier molecular flexibility index (Phi) is 5.37. The summed E-state index contributed by atoms with van der Waals surface area (Å²) < 4.78 is 6.31. The summed E-state index contributed by atoms with van der Waals surface area (Å²) in [7, 11) is 0. The van der Waals surface area contributed by atoms with Gasteiger partial charge in [-0.15, -0.1) is 11.3 Å². The van der Waals surface area contributed by atoms with Crippen LogP contribution in [0.25, 0.3) is 0 Å². The minimum Gasteiger partial charge on any atom is -0.478 e. The quantitative estimate of drug-likeness (QED) is 0.358. The van der Waals surface area contributed by atoms with E-state index in [9.17, 15) is 14.9 Å². The third kappa shape index (κ3) is 3.82. The van der Waals surface area contributed by atoms with E-state index in [0.717, 1.165) is 0 Å². The number of hydrogen-bond donors (Lipinski definition) is 0. The van der Waals surface area contributed by atoms with Crippen LogP contribution < -0.4 is 4.74 Å². The number of nitro benzene ring substituents is 1. The van der Waals surface area contributed by atoms with Gasteiger partial charge in [-0.3, -0.25) is 14.9 Å². The van der Waals surface area contributed by atoms with Crippen LogP contribution in [0.4, 0.5) is 5.69 Å². The highest BCUT2D eigenvalue weighted by atomic mass is 79.9. The summed E-state index contributed by atoms with van der Waals surface area (Å²) in [5.74, 6) is -0.293. The standard InChI is InChI=1S/C12H6Br2ClNO4S/c13-7-1-2-21-12(7)10(17)5-20-11-8(14)3-6(15)4-9(11)16(18)19/h1-4H,5H2. The predicted molar refractivity (Wildman–Crippen MR) is 87.7 cm³/mol. The number of ether oxygens (including phenoxy) is 1. The van der Waals surface area contributed by atoms with Gasteiger partial charge in [0.15, 0.2) is 6.61 Å². The van der Waals surface area contributed by atoms with Crippen molar-refractivity contribution in [3.63, 3.8) is 0 Å². The van der Waals surface area contributed by atoms with E-state index in [4.69, 9.17) is 16.3 Å². The molecular formula is C12H6Br2ClNO4S. The lowest BCUT2D eigenvalue weighted by Gasteiger charge is -2.08. The number of hydrogen-bond acceptors (Lipinski definition) is 5. The summed E-state index contributed by atoms with van der Waals surface area (Å²) in [5, 5.41) is 13.0. The zero-order valence-corrected chi connectivity index (χ0v) is 14.9. The average Bonchev–Trinajstić information content (AvgIpc) is 2.82. The first-order chi connectivity index (χ1) is 9.90. The van der Waals surface area contributed by atoms with Crippen molar-refractivity contribution in [2.45, 2.75) is 0 Å². The monoisotopic (exact) mass is 453 g/mol. The van der Waals surface area contributed by atoms with Gasteiger partial charge < -0.3 is 4.74 Å². The van der Waals surface area contributed by atoms with Gasteiger partial charge in [0.1, 0.15) is 0 Å². The summed E-state index contributed by atoms with van der Waals surface area (Å²) in [4.78, 5) is 22.9. The molecule has 21 heavy (non-hydrogen) atoms. The molecule has 0 saturated carbocycles. The number of thiophene rings is 1. The number of benzene rings is 1. The van der Waals surface area contributed by atoms with Gasteiger partial charge in [-0.2, -0.15) is 0 Å². The number of nitrogens with zero attached hydrogens (tertiary/aromatic N) is 1. The lowest BCUT2D eigenvalue weighted by Crippen LogP contribution is -2.11. The zero-order valence-electron chi connectivity index (χ0n) is 10.1. The molecule has 2 rings (SSSR count). The number of Topliss-reactive ketones (excluding diaryl/α,β-unsaturated/α-hetero) is 1. The largest absolute Gasteiger partial charge is 0.478 e. The fourth-order valence-corrected chi connectivity index (χ4v) is 3.95. The van der Waals surface area contributed by atoms with Crippen LogP contribution in [0.2, 0.25) is 5.02 Å². The van der Waals surface area contributed by atoms with E-state index >= 15 is 0 Å². The normalized spacial score (nSPS) is 10.4. The van der Waals surface area contributed by atoms with Crippen molar-refractivity contribution < 1.29 is 14.5 Å². The molecule has 0 bridgehead atoms. The van der Waals surface area contributed by atoms with Gasteiger partial charge in [0, 0.05) is 15.6 Å². The molecule has 1 aromatic carbocycles. The second-order valence-corrected chi connectivity index (χ2v) is 6.86. The SMILES string of the molecule is O=C(COc1c(Br)cc(Cl)cc1[N+](=O)[O-])c1sccc1Br. The number of halogens is 3. The highest BCUT2D eigenvalue weighted by Crippen LogP contribution is 2.38. The summed E-state index contributed by atoms with van der Waals surface area (Å²) in [6.45, 7) is -0.305. The van der Waals surface area contributed by atoms with Gasteiger partial charge in [-0.05, 0) is 49.4 Å². The summed E-state index contributed by atoms with van der Waals surface area (Å²) in [6.07, 6.45) is 0. The van der Waals surface area contributed by atoms with E-state index in [-0.39, 0.29) is 28.8 Å². The lowest BCUT2D eigenvalue weighted by atomic mass is 10.3. The van der Waals surface area contributed by atoms with Crippen LogP contribution >= 0.6 is 54.8 Å². The van der Waals surface area contributed by atoms with E-state index < -0.39 is 4.92 Å². The smallest absolute Gasteiger partial charge is 0.313 e. The maximum Gasteiger partial charge on any atom is 0.313 e. The average molecular weight is 456 g/mol. The van der Waals surface area contributed by atoms with Crippen molar-refractivity contribution in [2.75, 3.05) is 6.61 Å². The fourth-order valence-electron chi connectivity index (χ4n) is 1.52. The minimum atomic E-state index is -0.614. The first kappa shape index (κ1) is 16.4. The Morgan fingerprint density at radius 2 is 2.10 bits per heavy atom. The highest BCUT2D eigenvalue weighted by Gasteiger charge is 2.22. The van der Waals surface area contributed by atoms with Crippen LogP contribution in [0.1, 0.15) is 9.67 Å². The van der Waals surface area contributed by atoms with Gasteiger partial charge in [0.05, 0.1) is 14.3 Å². The van der Waals surface area contributed by atoms with Gasteiger partial charge >= 0.3 is 5.69 Å². The van der Waals surface area contributed by atoms with E-state index in [1.165, 1.54) is 23.5 Å². The van der Waals surface area contributed by atoms with Crippen molar-refractivity contribution in [1.82, 2.24) is 0 Å². The van der Waals surface area contributed by atoms with Crippen LogP contribution in [0.3, 0.4) is 0 Å². The van der Waals surface area contributed by atoms with E-state index in [0.29, 0.717) is 13.8 Å². The van der Waals surface area contributed by atoms with Crippen LogP contribution in [0.5, 0.6) is 5.75 Å².